The Balaban J connectivity index is 2.73. The van der Waals surface area contributed by atoms with E-state index in [0.717, 1.165) is 6.20 Å². The summed E-state index contributed by atoms with van der Waals surface area (Å²) in [6.45, 7) is 3.38. The first-order valence-corrected chi connectivity index (χ1v) is 5.56. The topological polar surface area (TPSA) is 86.7 Å². The van der Waals surface area contributed by atoms with Crippen LogP contribution < -0.4 is 0 Å². The third-order valence-electron chi connectivity index (χ3n) is 2.32. The molecule has 2 rings (SSSR count). The fraction of sp³-hybridized carbons (Fsp3) is 0.222. The lowest BCUT2D eigenvalue weighted by Gasteiger charge is -2.03. The van der Waals surface area contributed by atoms with Crippen molar-refractivity contribution in [1.29, 1.82) is 0 Å². The third-order valence-corrected chi connectivity index (χ3v) is 3.05. The summed E-state index contributed by atoms with van der Waals surface area (Å²) in [7, 11) is 0. The lowest BCUT2D eigenvalue weighted by molar-refractivity contribution is -0.385. The summed E-state index contributed by atoms with van der Waals surface area (Å²) in [6, 6.07) is 0. The minimum atomic E-state index is -0.601. The molecule has 94 valence electrons. The second-order valence-corrected chi connectivity index (χ2v) is 4.22. The smallest absolute Gasteiger partial charge is 0.258 e. The second kappa shape index (κ2) is 4.51. The molecule has 0 aliphatic rings. The van der Waals surface area contributed by atoms with Crippen LogP contribution in [0.5, 0.6) is 0 Å². The van der Waals surface area contributed by atoms with Gasteiger partial charge in [0.2, 0.25) is 11.1 Å². The Morgan fingerprint density at radius 1 is 1.39 bits per heavy atom. The zero-order chi connectivity index (χ0) is 13.4. The van der Waals surface area contributed by atoms with Crippen LogP contribution in [0, 0.1) is 24.0 Å². The summed E-state index contributed by atoms with van der Waals surface area (Å²) in [4.78, 5) is 17.7. The molecule has 0 atom stereocenters. The van der Waals surface area contributed by atoms with Crippen molar-refractivity contribution in [2.45, 2.75) is 13.8 Å². The Morgan fingerprint density at radius 2 is 2.06 bits per heavy atom. The van der Waals surface area contributed by atoms with Crippen LogP contribution >= 0.6 is 23.2 Å². The maximum absolute atomic E-state index is 10.9. The van der Waals surface area contributed by atoms with Crippen LogP contribution in [0.2, 0.25) is 10.3 Å². The van der Waals surface area contributed by atoms with Crippen molar-refractivity contribution in [3.05, 3.63) is 38.0 Å². The molecule has 0 aromatic carbocycles. The van der Waals surface area contributed by atoms with E-state index in [0.29, 0.717) is 16.4 Å². The summed E-state index contributed by atoms with van der Waals surface area (Å²) < 4.78 is 1.28. The van der Waals surface area contributed by atoms with Crippen LogP contribution in [-0.2, 0) is 0 Å². The van der Waals surface area contributed by atoms with E-state index in [2.05, 4.69) is 15.1 Å². The normalized spacial score (nSPS) is 10.7. The Labute approximate surface area is 112 Å². The lowest BCUT2D eigenvalue weighted by Crippen LogP contribution is -2.07. The van der Waals surface area contributed by atoms with Gasteiger partial charge in [-0.3, -0.25) is 10.1 Å². The lowest BCUT2D eigenvalue weighted by atomic mass is 10.4. The molecule has 0 amide bonds. The van der Waals surface area contributed by atoms with Crippen LogP contribution in [-0.4, -0.2) is 24.7 Å². The van der Waals surface area contributed by atoms with E-state index >= 15 is 0 Å². The molecule has 0 N–H and O–H groups in total. The van der Waals surface area contributed by atoms with Gasteiger partial charge in [-0.25, -0.2) is 9.67 Å². The molecule has 18 heavy (non-hydrogen) atoms. The summed E-state index contributed by atoms with van der Waals surface area (Å²) in [5.41, 5.74) is 0.812. The fourth-order valence-electron chi connectivity index (χ4n) is 1.46. The quantitative estimate of drug-likeness (QED) is 0.481. The SMILES string of the molecule is Cc1nn(-c2nc(Cl)ncc2[N+](=O)[O-])c(C)c1Cl. The van der Waals surface area contributed by atoms with E-state index in [-0.39, 0.29) is 16.8 Å². The third kappa shape index (κ3) is 2.02. The van der Waals surface area contributed by atoms with Gasteiger partial charge in [-0.1, -0.05) is 11.6 Å². The molecule has 0 saturated heterocycles. The van der Waals surface area contributed by atoms with Crippen molar-refractivity contribution in [1.82, 2.24) is 19.7 Å². The minimum Gasteiger partial charge on any atom is -0.258 e. The fourth-order valence-corrected chi connectivity index (χ4v) is 1.71. The van der Waals surface area contributed by atoms with E-state index in [9.17, 15) is 10.1 Å². The summed E-state index contributed by atoms with van der Waals surface area (Å²) in [6.07, 6.45) is 1.04. The molecule has 2 heterocycles. The number of nitrogens with zero attached hydrogens (tertiary/aromatic N) is 5. The first-order chi connectivity index (χ1) is 8.41. The average Bonchev–Trinajstić information content (AvgIpc) is 2.56. The van der Waals surface area contributed by atoms with Gasteiger partial charge in [-0.2, -0.15) is 10.1 Å². The molecule has 0 aliphatic carbocycles. The van der Waals surface area contributed by atoms with Crippen LogP contribution in [0.1, 0.15) is 11.4 Å². The van der Waals surface area contributed by atoms with Gasteiger partial charge in [0.15, 0.2) is 0 Å². The Hall–Kier alpha value is -1.73. The summed E-state index contributed by atoms with van der Waals surface area (Å²) >= 11 is 11.6. The number of hydrogen-bond acceptors (Lipinski definition) is 5. The molecular formula is C9H7Cl2N5O2. The molecule has 0 spiro atoms. The van der Waals surface area contributed by atoms with Gasteiger partial charge in [-0.05, 0) is 25.4 Å². The van der Waals surface area contributed by atoms with Gasteiger partial charge in [-0.15, -0.1) is 0 Å². The maximum Gasteiger partial charge on any atom is 0.331 e. The Bertz CT molecular complexity index is 640. The standard InChI is InChI=1S/C9H7Cl2N5O2/c1-4-7(10)5(2)15(14-4)8-6(16(17)18)3-12-9(11)13-8/h3H,1-2H3. The number of nitro groups is 1. The first-order valence-electron chi connectivity index (χ1n) is 4.81. The van der Waals surface area contributed by atoms with Gasteiger partial charge in [0.05, 0.1) is 21.3 Å². The van der Waals surface area contributed by atoms with Crippen LogP contribution in [0.4, 0.5) is 5.69 Å². The largest absolute Gasteiger partial charge is 0.331 e. The average molecular weight is 288 g/mol. The van der Waals surface area contributed by atoms with Gasteiger partial charge >= 0.3 is 5.69 Å². The molecule has 0 bridgehead atoms. The first kappa shape index (κ1) is 12.7. The predicted molar refractivity (Wildman–Crippen MR) is 65.3 cm³/mol. The predicted octanol–water partition coefficient (Wildman–Crippen LogP) is 2.49. The molecule has 2 aromatic rings. The number of halogens is 2. The van der Waals surface area contributed by atoms with E-state index in [1.54, 1.807) is 13.8 Å². The highest BCUT2D eigenvalue weighted by molar-refractivity contribution is 6.31. The monoisotopic (exact) mass is 287 g/mol. The number of rotatable bonds is 2. The van der Waals surface area contributed by atoms with Crippen LogP contribution in [0.3, 0.4) is 0 Å². The van der Waals surface area contributed by atoms with Crippen molar-refractivity contribution in [2.24, 2.45) is 0 Å². The zero-order valence-electron chi connectivity index (χ0n) is 9.39. The van der Waals surface area contributed by atoms with Crippen molar-refractivity contribution >= 4 is 28.9 Å². The Kier molecular flexibility index (Phi) is 3.18. The number of aromatic nitrogens is 4. The van der Waals surface area contributed by atoms with Crippen molar-refractivity contribution in [3.8, 4) is 5.82 Å². The second-order valence-electron chi connectivity index (χ2n) is 3.50. The molecule has 7 nitrogen and oxygen atoms in total. The summed E-state index contributed by atoms with van der Waals surface area (Å²) in [5.74, 6) is -0.00694. The highest BCUT2D eigenvalue weighted by atomic mass is 35.5. The van der Waals surface area contributed by atoms with E-state index in [1.165, 1.54) is 4.68 Å². The molecule has 0 fully saturated rings. The van der Waals surface area contributed by atoms with E-state index in [1.807, 2.05) is 0 Å². The molecule has 0 radical (unpaired) electrons. The van der Waals surface area contributed by atoms with Crippen molar-refractivity contribution in [3.63, 3.8) is 0 Å². The highest BCUT2D eigenvalue weighted by Crippen LogP contribution is 2.26. The molecule has 0 aliphatic heterocycles. The number of hydrogen-bond donors (Lipinski definition) is 0. The highest BCUT2D eigenvalue weighted by Gasteiger charge is 2.22. The van der Waals surface area contributed by atoms with Gasteiger partial charge in [0.25, 0.3) is 0 Å². The molecule has 0 unspecified atom stereocenters. The summed E-state index contributed by atoms with van der Waals surface area (Å²) in [5, 5.41) is 15.3. The van der Waals surface area contributed by atoms with Gasteiger partial charge < -0.3 is 0 Å². The zero-order valence-corrected chi connectivity index (χ0v) is 10.9. The molecular weight excluding hydrogens is 281 g/mol. The molecule has 9 heteroatoms. The Morgan fingerprint density at radius 3 is 2.56 bits per heavy atom. The van der Waals surface area contributed by atoms with Crippen molar-refractivity contribution in [2.75, 3.05) is 0 Å². The van der Waals surface area contributed by atoms with E-state index in [4.69, 9.17) is 23.2 Å². The van der Waals surface area contributed by atoms with Crippen LogP contribution in [0.25, 0.3) is 5.82 Å². The molecule has 2 aromatic heterocycles. The molecule has 0 saturated carbocycles. The van der Waals surface area contributed by atoms with E-state index < -0.39 is 4.92 Å². The minimum absolute atomic E-state index is 0.00694. The maximum atomic E-state index is 10.9. The van der Waals surface area contributed by atoms with Gasteiger partial charge in [0.1, 0.15) is 6.20 Å². The van der Waals surface area contributed by atoms with Gasteiger partial charge in [0, 0.05) is 0 Å². The van der Waals surface area contributed by atoms with Crippen molar-refractivity contribution < 1.29 is 4.92 Å². The van der Waals surface area contributed by atoms with Crippen LogP contribution in [0.15, 0.2) is 6.20 Å². The number of aryl methyl sites for hydroxylation is 1.